The minimum Gasteiger partial charge on any atom is -0.396 e. The van der Waals surface area contributed by atoms with Gasteiger partial charge in [-0.15, -0.1) is 11.6 Å². The lowest BCUT2D eigenvalue weighted by molar-refractivity contribution is -0.384. The van der Waals surface area contributed by atoms with Crippen LogP contribution in [-0.4, -0.2) is 16.6 Å². The molecule has 0 saturated heterocycles. The van der Waals surface area contributed by atoms with Gasteiger partial charge in [-0.25, -0.2) is 0 Å². The minimum atomic E-state index is -0.459. The van der Waals surface area contributed by atoms with Crippen molar-refractivity contribution in [2.75, 3.05) is 6.61 Å². The number of alkyl halides is 1. The van der Waals surface area contributed by atoms with Gasteiger partial charge in [-0.05, 0) is 12.0 Å². The second-order valence-electron chi connectivity index (χ2n) is 2.83. The highest BCUT2D eigenvalue weighted by Crippen LogP contribution is 2.25. The maximum absolute atomic E-state index is 10.3. The molecule has 0 fully saturated rings. The van der Waals surface area contributed by atoms with Crippen molar-refractivity contribution in [2.45, 2.75) is 11.8 Å². The van der Waals surface area contributed by atoms with E-state index in [4.69, 9.17) is 16.7 Å². The second-order valence-corrected chi connectivity index (χ2v) is 3.36. The molecule has 1 aromatic rings. The number of nitro groups is 1. The molecule has 0 bridgehead atoms. The normalized spacial score (nSPS) is 12.4. The van der Waals surface area contributed by atoms with Crippen molar-refractivity contribution < 1.29 is 10.0 Å². The Labute approximate surface area is 86.3 Å². The predicted molar refractivity (Wildman–Crippen MR) is 53.4 cm³/mol. The fraction of sp³-hybridized carbons (Fsp3) is 0.333. The van der Waals surface area contributed by atoms with Crippen molar-refractivity contribution >= 4 is 17.3 Å². The lowest BCUT2D eigenvalue weighted by atomic mass is 10.1. The summed E-state index contributed by atoms with van der Waals surface area (Å²) in [4.78, 5) is 9.88. The molecule has 0 unspecified atom stereocenters. The summed E-state index contributed by atoms with van der Waals surface area (Å²) in [5, 5.41) is 18.7. The molecule has 0 aliphatic carbocycles. The SMILES string of the molecule is O=[N+]([O-])c1ccc([C@@H](Cl)CCO)cc1. The summed E-state index contributed by atoms with van der Waals surface area (Å²) >= 11 is 5.91. The van der Waals surface area contributed by atoms with E-state index in [1.165, 1.54) is 12.1 Å². The van der Waals surface area contributed by atoms with E-state index in [0.29, 0.717) is 6.42 Å². The summed E-state index contributed by atoms with van der Waals surface area (Å²) in [6.45, 7) is 0.00511. The highest BCUT2D eigenvalue weighted by molar-refractivity contribution is 6.20. The number of aliphatic hydroxyl groups is 1. The number of aliphatic hydroxyl groups excluding tert-OH is 1. The number of rotatable bonds is 4. The van der Waals surface area contributed by atoms with Gasteiger partial charge in [0.05, 0.1) is 10.3 Å². The molecule has 0 aromatic heterocycles. The van der Waals surface area contributed by atoms with E-state index >= 15 is 0 Å². The highest BCUT2D eigenvalue weighted by atomic mass is 35.5. The number of nitrogens with zero attached hydrogens (tertiary/aromatic N) is 1. The largest absolute Gasteiger partial charge is 0.396 e. The summed E-state index contributed by atoms with van der Waals surface area (Å²) in [6, 6.07) is 6.01. The Balaban J connectivity index is 2.77. The monoisotopic (exact) mass is 215 g/mol. The van der Waals surface area contributed by atoms with Gasteiger partial charge in [-0.1, -0.05) is 12.1 Å². The zero-order chi connectivity index (χ0) is 10.6. The highest BCUT2D eigenvalue weighted by Gasteiger charge is 2.09. The molecule has 0 radical (unpaired) electrons. The predicted octanol–water partition coefficient (Wildman–Crippen LogP) is 2.26. The quantitative estimate of drug-likeness (QED) is 0.476. The summed E-state index contributed by atoms with van der Waals surface area (Å²) in [7, 11) is 0. The Kier molecular flexibility index (Phi) is 3.85. The van der Waals surface area contributed by atoms with Gasteiger partial charge >= 0.3 is 0 Å². The first-order chi connectivity index (χ1) is 6.65. The zero-order valence-corrected chi connectivity index (χ0v) is 8.15. The van der Waals surface area contributed by atoms with Gasteiger partial charge in [0.2, 0.25) is 0 Å². The van der Waals surface area contributed by atoms with E-state index in [1.807, 2.05) is 0 Å². The Morgan fingerprint density at radius 1 is 1.43 bits per heavy atom. The second kappa shape index (κ2) is 4.93. The number of non-ortho nitro benzene ring substituents is 1. The van der Waals surface area contributed by atoms with Crippen LogP contribution in [0.3, 0.4) is 0 Å². The fourth-order valence-electron chi connectivity index (χ4n) is 1.08. The Morgan fingerprint density at radius 3 is 2.43 bits per heavy atom. The fourth-order valence-corrected chi connectivity index (χ4v) is 1.33. The Morgan fingerprint density at radius 2 is 2.00 bits per heavy atom. The van der Waals surface area contributed by atoms with Gasteiger partial charge in [-0.2, -0.15) is 0 Å². The molecule has 1 N–H and O–H groups in total. The zero-order valence-electron chi connectivity index (χ0n) is 7.39. The van der Waals surface area contributed by atoms with E-state index in [0.717, 1.165) is 5.56 Å². The number of hydrogen-bond donors (Lipinski definition) is 1. The molecule has 1 atom stereocenters. The molecule has 0 aliphatic rings. The van der Waals surface area contributed by atoms with E-state index in [-0.39, 0.29) is 17.7 Å². The third-order valence-electron chi connectivity index (χ3n) is 1.85. The van der Waals surface area contributed by atoms with Gasteiger partial charge in [0, 0.05) is 18.7 Å². The lowest BCUT2D eigenvalue weighted by Crippen LogP contribution is -1.94. The maximum atomic E-state index is 10.3. The number of benzene rings is 1. The van der Waals surface area contributed by atoms with E-state index in [2.05, 4.69) is 0 Å². The maximum Gasteiger partial charge on any atom is 0.269 e. The van der Waals surface area contributed by atoms with Crippen molar-refractivity contribution in [1.29, 1.82) is 0 Å². The van der Waals surface area contributed by atoms with Crippen molar-refractivity contribution in [3.8, 4) is 0 Å². The third-order valence-corrected chi connectivity index (χ3v) is 2.32. The van der Waals surface area contributed by atoms with Crippen LogP contribution < -0.4 is 0 Å². The number of nitro benzene ring substituents is 1. The Bertz CT molecular complexity index is 312. The summed E-state index contributed by atoms with van der Waals surface area (Å²) < 4.78 is 0. The topological polar surface area (TPSA) is 63.4 Å². The van der Waals surface area contributed by atoms with Crippen molar-refractivity contribution in [2.24, 2.45) is 0 Å². The van der Waals surface area contributed by atoms with Gasteiger partial charge in [0.25, 0.3) is 5.69 Å². The average molecular weight is 216 g/mol. The van der Waals surface area contributed by atoms with Crippen molar-refractivity contribution in [3.63, 3.8) is 0 Å². The van der Waals surface area contributed by atoms with Crippen LogP contribution in [0, 0.1) is 10.1 Å². The summed E-state index contributed by atoms with van der Waals surface area (Å²) in [5.41, 5.74) is 0.827. The van der Waals surface area contributed by atoms with Crippen LogP contribution in [-0.2, 0) is 0 Å². The van der Waals surface area contributed by atoms with E-state index < -0.39 is 4.92 Å². The van der Waals surface area contributed by atoms with Crippen LogP contribution in [0.2, 0.25) is 0 Å². The molecular formula is C9H10ClNO3. The van der Waals surface area contributed by atoms with Crippen LogP contribution in [0.4, 0.5) is 5.69 Å². The molecule has 4 nitrogen and oxygen atoms in total. The number of hydrogen-bond acceptors (Lipinski definition) is 3. The molecule has 0 saturated carbocycles. The van der Waals surface area contributed by atoms with Gasteiger partial charge < -0.3 is 5.11 Å². The molecule has 0 spiro atoms. The standard InChI is InChI=1S/C9H10ClNO3/c10-9(5-6-12)7-1-3-8(4-2-7)11(13)14/h1-4,9,12H,5-6H2/t9-/m0/s1. The summed E-state index contributed by atoms with van der Waals surface area (Å²) in [5.74, 6) is 0. The van der Waals surface area contributed by atoms with Crippen LogP contribution in [0.25, 0.3) is 0 Å². The molecule has 1 rings (SSSR count). The first-order valence-corrected chi connectivity index (χ1v) is 4.58. The molecule has 0 amide bonds. The molecular weight excluding hydrogens is 206 g/mol. The smallest absolute Gasteiger partial charge is 0.269 e. The van der Waals surface area contributed by atoms with Gasteiger partial charge in [-0.3, -0.25) is 10.1 Å². The lowest BCUT2D eigenvalue weighted by Gasteiger charge is -2.06. The molecule has 5 heteroatoms. The van der Waals surface area contributed by atoms with Crippen LogP contribution in [0.1, 0.15) is 17.4 Å². The van der Waals surface area contributed by atoms with E-state index in [9.17, 15) is 10.1 Å². The molecule has 76 valence electrons. The van der Waals surface area contributed by atoms with Crippen LogP contribution in [0.5, 0.6) is 0 Å². The average Bonchev–Trinajstić information content (AvgIpc) is 2.18. The van der Waals surface area contributed by atoms with Crippen LogP contribution >= 0.6 is 11.6 Å². The minimum absolute atomic E-state index is 0.00511. The first-order valence-electron chi connectivity index (χ1n) is 4.14. The number of halogens is 1. The summed E-state index contributed by atoms with van der Waals surface area (Å²) in [6.07, 6.45) is 0.444. The van der Waals surface area contributed by atoms with Crippen molar-refractivity contribution in [1.82, 2.24) is 0 Å². The molecule has 1 aromatic carbocycles. The molecule has 0 aliphatic heterocycles. The third kappa shape index (κ3) is 2.68. The van der Waals surface area contributed by atoms with E-state index in [1.54, 1.807) is 12.1 Å². The molecule has 14 heavy (non-hydrogen) atoms. The first kappa shape index (κ1) is 10.9. The molecule has 0 heterocycles. The van der Waals surface area contributed by atoms with Gasteiger partial charge in [0.1, 0.15) is 0 Å². The van der Waals surface area contributed by atoms with Crippen molar-refractivity contribution in [3.05, 3.63) is 39.9 Å². The Hall–Kier alpha value is -1.13. The van der Waals surface area contributed by atoms with Gasteiger partial charge in [0.15, 0.2) is 0 Å². The van der Waals surface area contributed by atoms with Crippen LogP contribution in [0.15, 0.2) is 24.3 Å².